The van der Waals surface area contributed by atoms with Crippen LogP contribution in [-0.4, -0.2) is 55.1 Å². The van der Waals surface area contributed by atoms with E-state index in [9.17, 15) is 0 Å². The summed E-state index contributed by atoms with van der Waals surface area (Å²) in [5.74, 6) is 0.986. The standard InChI is InChI=1S/C13H18ClN7/c1-2-20-6-3-4-10(8-20)16-12-17-11(14)18-13(19-12)21-7-5-15-9-21/h5,7,9-10H,2-4,6,8H2,1H3,(H,16,17,18,19). The van der Waals surface area contributed by atoms with Crippen molar-refractivity contribution in [1.82, 2.24) is 29.4 Å². The number of hydrogen-bond acceptors (Lipinski definition) is 6. The maximum absolute atomic E-state index is 5.99. The molecule has 2 aromatic rings. The van der Waals surface area contributed by atoms with Crippen molar-refractivity contribution in [3.05, 3.63) is 24.0 Å². The largest absolute Gasteiger partial charge is 0.350 e. The zero-order valence-corrected chi connectivity index (χ0v) is 12.7. The van der Waals surface area contributed by atoms with E-state index in [1.54, 1.807) is 23.3 Å². The van der Waals surface area contributed by atoms with Crippen LogP contribution >= 0.6 is 11.6 Å². The third kappa shape index (κ3) is 3.48. The summed E-state index contributed by atoms with van der Waals surface area (Å²) < 4.78 is 1.71. The molecule has 8 heteroatoms. The lowest BCUT2D eigenvalue weighted by molar-refractivity contribution is 0.226. The van der Waals surface area contributed by atoms with Gasteiger partial charge in [0.05, 0.1) is 0 Å². The average molecular weight is 308 g/mol. The van der Waals surface area contributed by atoms with Crippen LogP contribution in [0.25, 0.3) is 5.95 Å². The lowest BCUT2D eigenvalue weighted by Gasteiger charge is -2.32. The summed E-state index contributed by atoms with van der Waals surface area (Å²) in [4.78, 5) is 19.1. The van der Waals surface area contributed by atoms with E-state index >= 15 is 0 Å². The SMILES string of the molecule is CCN1CCCC(Nc2nc(Cl)nc(-n3ccnc3)n2)C1. The minimum Gasteiger partial charge on any atom is -0.350 e. The lowest BCUT2D eigenvalue weighted by atomic mass is 10.1. The highest BCUT2D eigenvalue weighted by molar-refractivity contribution is 6.28. The summed E-state index contributed by atoms with van der Waals surface area (Å²) in [7, 11) is 0. The Morgan fingerprint density at radius 1 is 1.38 bits per heavy atom. The maximum Gasteiger partial charge on any atom is 0.241 e. The Kier molecular flexibility index (Phi) is 4.31. The Morgan fingerprint density at radius 2 is 2.29 bits per heavy atom. The van der Waals surface area contributed by atoms with E-state index in [0.717, 1.165) is 26.1 Å². The van der Waals surface area contributed by atoms with Crippen molar-refractivity contribution in [2.75, 3.05) is 25.0 Å². The highest BCUT2D eigenvalue weighted by atomic mass is 35.5. The Labute approximate surface area is 128 Å². The first-order chi connectivity index (χ1) is 10.2. The van der Waals surface area contributed by atoms with Crippen molar-refractivity contribution in [2.45, 2.75) is 25.8 Å². The van der Waals surface area contributed by atoms with Gasteiger partial charge in [-0.3, -0.25) is 4.57 Å². The summed E-state index contributed by atoms with van der Waals surface area (Å²) in [5.41, 5.74) is 0. The molecule has 0 bridgehead atoms. The second-order valence-electron chi connectivity index (χ2n) is 5.07. The Bertz CT molecular complexity index is 586. The number of likely N-dealkylation sites (tertiary alicyclic amines) is 1. The van der Waals surface area contributed by atoms with Crippen LogP contribution in [0.5, 0.6) is 0 Å². The molecule has 1 N–H and O–H groups in total. The van der Waals surface area contributed by atoms with Crippen LogP contribution in [0.4, 0.5) is 5.95 Å². The summed E-state index contributed by atoms with van der Waals surface area (Å²) in [6, 6.07) is 0.341. The van der Waals surface area contributed by atoms with Gasteiger partial charge in [-0.25, -0.2) is 4.98 Å². The Hall–Kier alpha value is -1.73. The van der Waals surface area contributed by atoms with E-state index in [2.05, 4.69) is 37.1 Å². The molecule has 21 heavy (non-hydrogen) atoms. The third-order valence-electron chi connectivity index (χ3n) is 3.62. The van der Waals surface area contributed by atoms with Crippen molar-refractivity contribution in [3.8, 4) is 5.95 Å². The van der Waals surface area contributed by atoms with Gasteiger partial charge in [0, 0.05) is 25.0 Å². The topological polar surface area (TPSA) is 71.8 Å². The predicted octanol–water partition coefficient (Wildman–Crippen LogP) is 1.61. The number of nitrogens with zero attached hydrogens (tertiary/aromatic N) is 6. The molecule has 0 amide bonds. The fraction of sp³-hybridized carbons (Fsp3) is 0.538. The lowest BCUT2D eigenvalue weighted by Crippen LogP contribution is -2.42. The van der Waals surface area contributed by atoms with Crippen molar-refractivity contribution >= 4 is 17.5 Å². The highest BCUT2D eigenvalue weighted by Gasteiger charge is 2.19. The molecule has 0 radical (unpaired) electrons. The van der Waals surface area contributed by atoms with Gasteiger partial charge in [-0.15, -0.1) is 0 Å². The molecule has 2 aromatic heterocycles. The van der Waals surface area contributed by atoms with Crippen LogP contribution in [0, 0.1) is 0 Å². The fourth-order valence-electron chi connectivity index (χ4n) is 2.54. The molecule has 7 nitrogen and oxygen atoms in total. The average Bonchev–Trinajstić information content (AvgIpc) is 3.01. The van der Waals surface area contributed by atoms with Gasteiger partial charge in [0.25, 0.3) is 0 Å². The summed E-state index contributed by atoms with van der Waals surface area (Å²) >= 11 is 5.99. The van der Waals surface area contributed by atoms with E-state index in [1.807, 2.05) is 0 Å². The van der Waals surface area contributed by atoms with Crippen LogP contribution in [0.3, 0.4) is 0 Å². The van der Waals surface area contributed by atoms with Gasteiger partial charge in [-0.2, -0.15) is 15.0 Å². The van der Waals surface area contributed by atoms with Gasteiger partial charge >= 0.3 is 0 Å². The van der Waals surface area contributed by atoms with E-state index in [4.69, 9.17) is 11.6 Å². The summed E-state index contributed by atoms with van der Waals surface area (Å²) in [6.45, 7) is 5.41. The molecular weight excluding hydrogens is 290 g/mol. The van der Waals surface area contributed by atoms with Crippen molar-refractivity contribution < 1.29 is 0 Å². The number of nitrogens with one attached hydrogen (secondary N) is 1. The molecule has 1 aliphatic rings. The number of likely N-dealkylation sites (N-methyl/N-ethyl adjacent to an activating group) is 1. The minimum atomic E-state index is 0.180. The van der Waals surface area contributed by atoms with Crippen LogP contribution in [-0.2, 0) is 0 Å². The molecule has 3 rings (SSSR count). The third-order valence-corrected chi connectivity index (χ3v) is 3.79. The van der Waals surface area contributed by atoms with Gasteiger partial charge in [-0.05, 0) is 37.5 Å². The van der Waals surface area contributed by atoms with Gasteiger partial charge in [0.1, 0.15) is 6.33 Å². The predicted molar refractivity (Wildman–Crippen MR) is 80.7 cm³/mol. The normalized spacial score (nSPS) is 19.6. The second-order valence-corrected chi connectivity index (χ2v) is 5.41. The van der Waals surface area contributed by atoms with Crippen molar-refractivity contribution in [2.24, 2.45) is 0 Å². The van der Waals surface area contributed by atoms with Crippen LogP contribution in [0.1, 0.15) is 19.8 Å². The first-order valence-corrected chi connectivity index (χ1v) is 7.51. The smallest absolute Gasteiger partial charge is 0.241 e. The van der Waals surface area contributed by atoms with E-state index < -0.39 is 0 Å². The maximum atomic E-state index is 5.99. The minimum absolute atomic E-state index is 0.180. The van der Waals surface area contributed by atoms with Crippen LogP contribution in [0.15, 0.2) is 18.7 Å². The van der Waals surface area contributed by atoms with E-state index in [1.165, 1.54) is 6.42 Å². The zero-order valence-electron chi connectivity index (χ0n) is 11.9. The second kappa shape index (κ2) is 6.36. The molecule has 1 aliphatic heterocycles. The number of rotatable bonds is 4. The molecule has 1 unspecified atom stereocenters. The molecule has 0 aliphatic carbocycles. The monoisotopic (exact) mass is 307 g/mol. The molecule has 1 atom stereocenters. The first kappa shape index (κ1) is 14.2. The molecule has 0 spiro atoms. The zero-order chi connectivity index (χ0) is 14.7. The number of piperidine rings is 1. The van der Waals surface area contributed by atoms with Crippen molar-refractivity contribution in [1.29, 1.82) is 0 Å². The Morgan fingerprint density at radius 3 is 3.05 bits per heavy atom. The van der Waals surface area contributed by atoms with Crippen LogP contribution < -0.4 is 5.32 Å². The molecule has 0 saturated carbocycles. The highest BCUT2D eigenvalue weighted by Crippen LogP contribution is 2.15. The van der Waals surface area contributed by atoms with E-state index in [-0.39, 0.29) is 5.28 Å². The van der Waals surface area contributed by atoms with Gasteiger partial charge in [0.15, 0.2) is 0 Å². The molecule has 3 heterocycles. The quantitative estimate of drug-likeness (QED) is 0.925. The fourth-order valence-corrected chi connectivity index (χ4v) is 2.70. The van der Waals surface area contributed by atoms with Gasteiger partial charge in [-0.1, -0.05) is 6.92 Å². The summed E-state index contributed by atoms with van der Waals surface area (Å²) in [5, 5.41) is 3.55. The molecule has 1 saturated heterocycles. The van der Waals surface area contributed by atoms with Gasteiger partial charge in [0.2, 0.25) is 17.2 Å². The number of halogens is 1. The number of anilines is 1. The van der Waals surface area contributed by atoms with Gasteiger partial charge < -0.3 is 10.2 Å². The first-order valence-electron chi connectivity index (χ1n) is 7.13. The Balaban J connectivity index is 1.76. The molecular formula is C13H18ClN7. The molecule has 112 valence electrons. The number of aromatic nitrogens is 5. The van der Waals surface area contributed by atoms with Crippen molar-refractivity contribution in [3.63, 3.8) is 0 Å². The molecule has 0 aromatic carbocycles. The van der Waals surface area contributed by atoms with Crippen LogP contribution in [0.2, 0.25) is 5.28 Å². The molecule has 1 fully saturated rings. The number of imidazole rings is 1. The number of hydrogen-bond donors (Lipinski definition) is 1. The van der Waals surface area contributed by atoms with E-state index in [0.29, 0.717) is 17.9 Å². The summed E-state index contributed by atoms with van der Waals surface area (Å²) in [6.07, 6.45) is 7.37.